The third-order valence-electron chi connectivity index (χ3n) is 7.62. The summed E-state index contributed by atoms with van der Waals surface area (Å²) in [6.45, 7) is 5.77. The SMILES string of the molecule is CCC1CCC(C)N1C1(CN)C2CC3CC(C2)CC1C3. The Bertz CT molecular complexity index is 350. The molecule has 4 saturated carbocycles. The van der Waals surface area contributed by atoms with E-state index in [1.54, 1.807) is 6.42 Å². The molecule has 4 aliphatic carbocycles. The molecular weight excluding hydrogens is 244 g/mol. The minimum atomic E-state index is 0.379. The predicted octanol–water partition coefficient (Wildman–Crippen LogP) is 3.40. The fraction of sp³-hybridized carbons (Fsp3) is 1.00. The van der Waals surface area contributed by atoms with E-state index in [2.05, 4.69) is 18.7 Å². The summed E-state index contributed by atoms with van der Waals surface area (Å²) >= 11 is 0. The van der Waals surface area contributed by atoms with Crippen LogP contribution in [-0.4, -0.2) is 29.1 Å². The van der Waals surface area contributed by atoms with Crippen molar-refractivity contribution in [1.82, 2.24) is 4.90 Å². The summed E-state index contributed by atoms with van der Waals surface area (Å²) in [5, 5.41) is 0. The van der Waals surface area contributed by atoms with E-state index < -0.39 is 0 Å². The van der Waals surface area contributed by atoms with Crippen molar-refractivity contribution >= 4 is 0 Å². The lowest BCUT2D eigenvalue weighted by Gasteiger charge is -2.65. The molecule has 0 spiro atoms. The van der Waals surface area contributed by atoms with Crippen molar-refractivity contribution in [3.8, 4) is 0 Å². The summed E-state index contributed by atoms with van der Waals surface area (Å²) in [5.74, 6) is 3.93. The van der Waals surface area contributed by atoms with E-state index in [0.29, 0.717) is 5.54 Å². The zero-order valence-electron chi connectivity index (χ0n) is 13.4. The lowest BCUT2D eigenvalue weighted by Crippen LogP contribution is -2.71. The molecule has 0 aromatic carbocycles. The Morgan fingerprint density at radius 2 is 1.60 bits per heavy atom. The fourth-order valence-corrected chi connectivity index (χ4v) is 7.08. The van der Waals surface area contributed by atoms with Gasteiger partial charge in [0.1, 0.15) is 0 Å². The van der Waals surface area contributed by atoms with Crippen molar-refractivity contribution in [2.24, 2.45) is 29.4 Å². The van der Waals surface area contributed by atoms with Gasteiger partial charge >= 0.3 is 0 Å². The van der Waals surface area contributed by atoms with Gasteiger partial charge in [-0.3, -0.25) is 4.90 Å². The molecule has 2 atom stereocenters. The summed E-state index contributed by atoms with van der Waals surface area (Å²) in [6.07, 6.45) is 11.6. The second-order valence-electron chi connectivity index (χ2n) is 8.40. The summed E-state index contributed by atoms with van der Waals surface area (Å²) in [4.78, 5) is 2.96. The first-order valence-electron chi connectivity index (χ1n) is 9.17. The minimum Gasteiger partial charge on any atom is -0.329 e. The molecule has 114 valence electrons. The number of nitrogens with two attached hydrogens (primary N) is 1. The van der Waals surface area contributed by atoms with Crippen LogP contribution in [0.4, 0.5) is 0 Å². The van der Waals surface area contributed by atoms with Crippen molar-refractivity contribution in [3.63, 3.8) is 0 Å². The number of likely N-dealkylation sites (tertiary alicyclic amines) is 1. The Balaban J connectivity index is 1.72. The van der Waals surface area contributed by atoms with Crippen molar-refractivity contribution < 1.29 is 0 Å². The van der Waals surface area contributed by atoms with Crippen LogP contribution in [0.25, 0.3) is 0 Å². The first-order valence-corrected chi connectivity index (χ1v) is 9.17. The highest BCUT2D eigenvalue weighted by molar-refractivity contribution is 5.15. The second kappa shape index (κ2) is 4.71. The maximum atomic E-state index is 6.51. The molecule has 5 rings (SSSR count). The maximum absolute atomic E-state index is 6.51. The predicted molar refractivity (Wildman–Crippen MR) is 83.4 cm³/mol. The Morgan fingerprint density at radius 3 is 2.10 bits per heavy atom. The second-order valence-corrected chi connectivity index (χ2v) is 8.40. The van der Waals surface area contributed by atoms with Gasteiger partial charge in [0, 0.05) is 24.2 Å². The Labute approximate surface area is 124 Å². The average Bonchev–Trinajstić information content (AvgIpc) is 2.81. The van der Waals surface area contributed by atoms with E-state index in [0.717, 1.165) is 42.3 Å². The molecule has 4 bridgehead atoms. The van der Waals surface area contributed by atoms with Crippen molar-refractivity contribution in [3.05, 3.63) is 0 Å². The quantitative estimate of drug-likeness (QED) is 0.856. The molecule has 2 unspecified atom stereocenters. The van der Waals surface area contributed by atoms with E-state index in [-0.39, 0.29) is 0 Å². The first-order chi connectivity index (χ1) is 9.69. The number of hydrogen-bond donors (Lipinski definition) is 1. The standard InChI is InChI=1S/C18H32N2/c1-3-17-5-4-12(2)20(17)18(11-19)15-7-13-6-14(9-15)10-16(18)8-13/h12-17H,3-11,19H2,1-2H3. The highest BCUT2D eigenvalue weighted by Gasteiger charge is 2.61. The molecule has 20 heavy (non-hydrogen) atoms. The Hall–Kier alpha value is -0.0800. The van der Waals surface area contributed by atoms with Gasteiger partial charge < -0.3 is 5.73 Å². The van der Waals surface area contributed by atoms with E-state index in [4.69, 9.17) is 5.73 Å². The molecule has 5 fully saturated rings. The third kappa shape index (κ3) is 1.64. The van der Waals surface area contributed by atoms with E-state index in [1.165, 1.54) is 44.9 Å². The molecule has 1 heterocycles. The monoisotopic (exact) mass is 276 g/mol. The van der Waals surface area contributed by atoms with Crippen LogP contribution < -0.4 is 5.73 Å². The van der Waals surface area contributed by atoms with E-state index in [1.807, 2.05) is 0 Å². The van der Waals surface area contributed by atoms with E-state index in [9.17, 15) is 0 Å². The molecule has 2 heteroatoms. The summed E-state index contributed by atoms with van der Waals surface area (Å²) in [6, 6.07) is 1.58. The van der Waals surface area contributed by atoms with Crippen LogP contribution in [-0.2, 0) is 0 Å². The first kappa shape index (κ1) is 13.6. The van der Waals surface area contributed by atoms with Crippen LogP contribution in [0.5, 0.6) is 0 Å². The van der Waals surface area contributed by atoms with Gasteiger partial charge in [-0.05, 0) is 82.0 Å². The Kier molecular flexibility index (Phi) is 3.20. The van der Waals surface area contributed by atoms with Gasteiger partial charge in [-0.15, -0.1) is 0 Å². The number of rotatable bonds is 3. The molecular formula is C18H32N2. The molecule has 1 aliphatic heterocycles. The summed E-state index contributed by atoms with van der Waals surface area (Å²) < 4.78 is 0. The molecule has 0 amide bonds. The third-order valence-corrected chi connectivity index (χ3v) is 7.62. The molecule has 5 aliphatic rings. The molecule has 2 N–H and O–H groups in total. The zero-order chi connectivity index (χ0) is 13.9. The Morgan fingerprint density at radius 1 is 1.00 bits per heavy atom. The lowest BCUT2D eigenvalue weighted by atomic mass is 9.48. The van der Waals surface area contributed by atoms with Gasteiger partial charge in [0.2, 0.25) is 0 Å². The van der Waals surface area contributed by atoms with E-state index >= 15 is 0 Å². The highest BCUT2D eigenvalue weighted by Crippen LogP contribution is 2.61. The molecule has 0 aromatic heterocycles. The highest BCUT2D eigenvalue weighted by atomic mass is 15.3. The van der Waals surface area contributed by atoms with Gasteiger partial charge in [-0.1, -0.05) is 6.92 Å². The molecule has 0 aromatic rings. The van der Waals surface area contributed by atoms with Crippen molar-refractivity contribution in [2.45, 2.75) is 82.8 Å². The van der Waals surface area contributed by atoms with Gasteiger partial charge in [0.05, 0.1) is 0 Å². The summed E-state index contributed by atoms with van der Waals surface area (Å²) in [5.41, 5.74) is 6.89. The lowest BCUT2D eigenvalue weighted by molar-refractivity contribution is -0.146. The van der Waals surface area contributed by atoms with Crippen LogP contribution in [0, 0.1) is 23.7 Å². The normalized spacial score (nSPS) is 54.8. The van der Waals surface area contributed by atoms with Crippen LogP contribution in [0.3, 0.4) is 0 Å². The fourth-order valence-electron chi connectivity index (χ4n) is 7.08. The van der Waals surface area contributed by atoms with Crippen LogP contribution in [0.1, 0.15) is 65.2 Å². The average molecular weight is 276 g/mol. The number of hydrogen-bond acceptors (Lipinski definition) is 2. The van der Waals surface area contributed by atoms with Crippen molar-refractivity contribution in [1.29, 1.82) is 0 Å². The van der Waals surface area contributed by atoms with Crippen molar-refractivity contribution in [2.75, 3.05) is 6.54 Å². The van der Waals surface area contributed by atoms with Gasteiger partial charge in [-0.25, -0.2) is 0 Å². The minimum absolute atomic E-state index is 0.379. The zero-order valence-corrected chi connectivity index (χ0v) is 13.4. The number of nitrogens with zero attached hydrogens (tertiary/aromatic N) is 1. The smallest absolute Gasteiger partial charge is 0.0394 e. The maximum Gasteiger partial charge on any atom is 0.0394 e. The molecule has 1 saturated heterocycles. The van der Waals surface area contributed by atoms with Crippen LogP contribution in [0.15, 0.2) is 0 Å². The van der Waals surface area contributed by atoms with Gasteiger partial charge in [0.15, 0.2) is 0 Å². The van der Waals surface area contributed by atoms with Gasteiger partial charge in [-0.2, -0.15) is 0 Å². The topological polar surface area (TPSA) is 29.3 Å². The van der Waals surface area contributed by atoms with Gasteiger partial charge in [0.25, 0.3) is 0 Å². The molecule has 0 radical (unpaired) electrons. The summed E-state index contributed by atoms with van der Waals surface area (Å²) in [7, 11) is 0. The van der Waals surface area contributed by atoms with Crippen LogP contribution in [0.2, 0.25) is 0 Å². The molecule has 2 nitrogen and oxygen atoms in total. The largest absolute Gasteiger partial charge is 0.329 e. The van der Waals surface area contributed by atoms with Crippen LogP contribution >= 0.6 is 0 Å².